The molecule has 1 amide bonds. The minimum atomic E-state index is -0.548. The minimum absolute atomic E-state index is 0.0530. The Morgan fingerprint density at radius 1 is 1.00 bits per heavy atom. The Balaban J connectivity index is 1.94. The fourth-order valence-electron chi connectivity index (χ4n) is 2.75. The van der Waals surface area contributed by atoms with Gasteiger partial charge in [-0.1, -0.05) is 64.1 Å². The predicted octanol–water partition coefficient (Wildman–Crippen LogP) is 5.19. The number of hydrogen-bond acceptors (Lipinski definition) is 2. The number of benzene rings is 2. The maximum absolute atomic E-state index is 12.4. The second-order valence-corrected chi connectivity index (χ2v) is 7.86. The van der Waals surface area contributed by atoms with Crippen LogP contribution in [0.3, 0.4) is 0 Å². The first kappa shape index (κ1) is 20.0. The number of amides is 1. The molecule has 2 aromatic carbocycles. The lowest BCUT2D eigenvalue weighted by Crippen LogP contribution is -2.37. The van der Waals surface area contributed by atoms with Crippen LogP contribution in [0, 0.1) is 0 Å². The van der Waals surface area contributed by atoms with E-state index in [2.05, 4.69) is 69.4 Å². The van der Waals surface area contributed by atoms with Gasteiger partial charge in [-0.05, 0) is 54.5 Å². The lowest BCUT2D eigenvalue weighted by Gasteiger charge is -2.21. The molecule has 0 bridgehead atoms. The third-order valence-corrected chi connectivity index (χ3v) is 4.65. The van der Waals surface area contributed by atoms with E-state index in [1.165, 1.54) is 11.1 Å². The van der Waals surface area contributed by atoms with Crippen LogP contribution in [0.4, 0.5) is 0 Å². The Labute approximate surface area is 157 Å². The van der Waals surface area contributed by atoms with Crippen LogP contribution >= 0.6 is 0 Å². The van der Waals surface area contributed by atoms with Gasteiger partial charge >= 0.3 is 0 Å². The van der Waals surface area contributed by atoms with Crippen molar-refractivity contribution in [3.63, 3.8) is 0 Å². The summed E-state index contributed by atoms with van der Waals surface area (Å²) in [4.78, 5) is 12.4. The molecule has 26 heavy (non-hydrogen) atoms. The van der Waals surface area contributed by atoms with E-state index in [-0.39, 0.29) is 17.4 Å². The van der Waals surface area contributed by atoms with Crippen LogP contribution in [0.25, 0.3) is 0 Å². The molecule has 0 aliphatic heterocycles. The van der Waals surface area contributed by atoms with Crippen LogP contribution in [0.15, 0.2) is 48.5 Å². The zero-order valence-electron chi connectivity index (χ0n) is 16.8. The number of aryl methyl sites for hydroxylation is 1. The number of rotatable bonds is 6. The maximum Gasteiger partial charge on any atom is 0.261 e. The minimum Gasteiger partial charge on any atom is -0.481 e. The van der Waals surface area contributed by atoms with Gasteiger partial charge in [-0.3, -0.25) is 4.79 Å². The molecule has 2 rings (SSSR count). The Bertz CT molecular complexity index is 711. The molecule has 0 fully saturated rings. The highest BCUT2D eigenvalue weighted by molar-refractivity contribution is 5.81. The molecular formula is C23H31NO2. The van der Waals surface area contributed by atoms with Crippen LogP contribution in [0.1, 0.15) is 64.3 Å². The largest absolute Gasteiger partial charge is 0.481 e. The van der Waals surface area contributed by atoms with Gasteiger partial charge in [0.2, 0.25) is 0 Å². The quantitative estimate of drug-likeness (QED) is 0.776. The third-order valence-electron chi connectivity index (χ3n) is 4.65. The van der Waals surface area contributed by atoms with Gasteiger partial charge in [0.25, 0.3) is 5.91 Å². The number of nitrogens with one attached hydrogen (secondary N) is 1. The van der Waals surface area contributed by atoms with Crippen molar-refractivity contribution in [1.82, 2.24) is 5.32 Å². The molecule has 3 nitrogen and oxygen atoms in total. The molecule has 0 aromatic heterocycles. The van der Waals surface area contributed by atoms with Crippen LogP contribution in [0.5, 0.6) is 5.75 Å². The molecule has 3 heteroatoms. The topological polar surface area (TPSA) is 38.3 Å². The third kappa shape index (κ3) is 5.35. The van der Waals surface area contributed by atoms with Crippen LogP contribution in [0.2, 0.25) is 0 Å². The van der Waals surface area contributed by atoms with Crippen LogP contribution in [-0.2, 0) is 16.6 Å². The Hall–Kier alpha value is -2.29. The van der Waals surface area contributed by atoms with Gasteiger partial charge in [0.1, 0.15) is 5.75 Å². The molecule has 140 valence electrons. The van der Waals surface area contributed by atoms with Crippen molar-refractivity contribution in [3.05, 3.63) is 65.2 Å². The lowest BCUT2D eigenvalue weighted by molar-refractivity contribution is -0.127. The highest BCUT2D eigenvalue weighted by Gasteiger charge is 2.18. The van der Waals surface area contributed by atoms with Gasteiger partial charge in [-0.2, -0.15) is 0 Å². The summed E-state index contributed by atoms with van der Waals surface area (Å²) in [6, 6.07) is 16.3. The highest BCUT2D eigenvalue weighted by Crippen LogP contribution is 2.24. The maximum atomic E-state index is 12.4. The van der Waals surface area contributed by atoms with Crippen molar-refractivity contribution in [1.29, 1.82) is 0 Å². The smallest absolute Gasteiger partial charge is 0.261 e. The molecule has 0 saturated heterocycles. The summed E-state index contributed by atoms with van der Waals surface area (Å²) in [6.45, 7) is 12.4. The van der Waals surface area contributed by atoms with E-state index in [9.17, 15) is 4.79 Å². The van der Waals surface area contributed by atoms with Crippen molar-refractivity contribution in [2.24, 2.45) is 0 Å². The first-order valence-electron chi connectivity index (χ1n) is 9.37. The summed E-state index contributed by atoms with van der Waals surface area (Å²) in [5.41, 5.74) is 3.73. The first-order valence-corrected chi connectivity index (χ1v) is 9.37. The Kier molecular flexibility index (Phi) is 6.47. The van der Waals surface area contributed by atoms with E-state index in [0.29, 0.717) is 5.75 Å². The van der Waals surface area contributed by atoms with E-state index < -0.39 is 6.10 Å². The second-order valence-electron chi connectivity index (χ2n) is 7.86. The normalized spacial score (nSPS) is 13.8. The van der Waals surface area contributed by atoms with Gasteiger partial charge in [0.15, 0.2) is 6.10 Å². The van der Waals surface area contributed by atoms with Crippen LogP contribution < -0.4 is 10.1 Å². The van der Waals surface area contributed by atoms with E-state index in [0.717, 1.165) is 12.0 Å². The summed E-state index contributed by atoms with van der Waals surface area (Å²) >= 11 is 0. The average molecular weight is 354 g/mol. The van der Waals surface area contributed by atoms with Crippen molar-refractivity contribution >= 4 is 5.91 Å². The van der Waals surface area contributed by atoms with Crippen LogP contribution in [-0.4, -0.2) is 12.0 Å². The molecule has 0 unspecified atom stereocenters. The van der Waals surface area contributed by atoms with Gasteiger partial charge in [-0.15, -0.1) is 0 Å². The standard InChI is InChI=1S/C23H31NO2/c1-7-18-8-10-19(11-9-18)16(2)24-22(25)17(3)26-21-14-12-20(13-15-21)23(4,5)6/h8-17H,7H2,1-6H3,(H,24,25)/t16-,17-/m1/s1. The van der Waals surface area contributed by atoms with Gasteiger partial charge in [0, 0.05) is 0 Å². The van der Waals surface area contributed by atoms with E-state index >= 15 is 0 Å². The predicted molar refractivity (Wildman–Crippen MR) is 108 cm³/mol. The average Bonchev–Trinajstić information content (AvgIpc) is 2.61. The molecule has 0 spiro atoms. The molecule has 0 saturated carbocycles. The summed E-state index contributed by atoms with van der Waals surface area (Å²) in [6.07, 6.45) is 0.466. The van der Waals surface area contributed by atoms with Crippen molar-refractivity contribution in [2.45, 2.75) is 65.5 Å². The van der Waals surface area contributed by atoms with Crippen molar-refractivity contribution in [3.8, 4) is 5.75 Å². The second kappa shape index (κ2) is 8.39. The van der Waals surface area contributed by atoms with E-state index in [1.54, 1.807) is 6.92 Å². The molecule has 1 N–H and O–H groups in total. The fourth-order valence-corrected chi connectivity index (χ4v) is 2.75. The first-order chi connectivity index (χ1) is 12.2. The van der Waals surface area contributed by atoms with Gasteiger partial charge < -0.3 is 10.1 Å². The summed E-state index contributed by atoms with van der Waals surface area (Å²) in [5.74, 6) is 0.595. The number of hydrogen-bond donors (Lipinski definition) is 1. The molecule has 0 radical (unpaired) electrons. The Morgan fingerprint density at radius 2 is 1.58 bits per heavy atom. The van der Waals surface area contributed by atoms with Gasteiger partial charge in [-0.25, -0.2) is 0 Å². The Morgan fingerprint density at radius 3 is 2.08 bits per heavy atom. The van der Waals surface area contributed by atoms with Gasteiger partial charge in [0.05, 0.1) is 6.04 Å². The molecule has 0 aliphatic carbocycles. The fraction of sp³-hybridized carbons (Fsp3) is 0.435. The molecular weight excluding hydrogens is 322 g/mol. The molecule has 2 aromatic rings. The van der Waals surface area contributed by atoms with E-state index in [1.807, 2.05) is 19.1 Å². The van der Waals surface area contributed by atoms with E-state index in [4.69, 9.17) is 4.74 Å². The van der Waals surface area contributed by atoms with Crippen molar-refractivity contribution in [2.75, 3.05) is 0 Å². The SMILES string of the molecule is CCc1ccc([C@@H](C)NC(=O)[C@@H](C)Oc2ccc(C(C)(C)C)cc2)cc1. The summed E-state index contributed by atoms with van der Waals surface area (Å²) < 4.78 is 5.81. The van der Waals surface area contributed by atoms with Crippen molar-refractivity contribution < 1.29 is 9.53 Å². The molecule has 2 atom stereocenters. The zero-order valence-corrected chi connectivity index (χ0v) is 16.8. The number of carbonyl (C=O) groups excluding carboxylic acids is 1. The highest BCUT2D eigenvalue weighted by atomic mass is 16.5. The molecule has 0 aliphatic rings. The summed E-state index contributed by atoms with van der Waals surface area (Å²) in [7, 11) is 0. The monoisotopic (exact) mass is 353 g/mol. The number of carbonyl (C=O) groups is 1. The summed E-state index contributed by atoms with van der Waals surface area (Å²) in [5, 5.41) is 3.03. The zero-order chi connectivity index (χ0) is 19.3. The number of ether oxygens (including phenoxy) is 1. The lowest BCUT2D eigenvalue weighted by atomic mass is 9.87. The molecule has 0 heterocycles.